The average molecular weight is 254 g/mol. The lowest BCUT2D eigenvalue weighted by Gasteiger charge is -2.11. The molecule has 0 bridgehead atoms. The molecule has 3 N–H and O–H groups in total. The van der Waals surface area contributed by atoms with Crippen LogP contribution in [0, 0.1) is 5.82 Å². The maximum absolute atomic E-state index is 13.2. The Morgan fingerprint density at radius 2 is 2.11 bits per heavy atom. The number of carbonyl (C=O) groups excluding carboxylic acids is 2. The van der Waals surface area contributed by atoms with Gasteiger partial charge in [-0.3, -0.25) is 4.79 Å². The van der Waals surface area contributed by atoms with Crippen molar-refractivity contribution in [3.8, 4) is 0 Å². The van der Waals surface area contributed by atoms with E-state index in [1.807, 2.05) is 0 Å². The molecule has 5 nitrogen and oxygen atoms in total. The molecular weight excluding hydrogens is 239 g/mol. The molecule has 0 spiro atoms. The van der Waals surface area contributed by atoms with Gasteiger partial charge in [0.25, 0.3) is 0 Å². The predicted octanol–water partition coefficient (Wildman–Crippen LogP) is 0.332. The Morgan fingerprint density at radius 1 is 1.44 bits per heavy atom. The molecule has 1 aromatic carbocycles. The minimum Gasteiger partial charge on any atom is -0.464 e. The summed E-state index contributed by atoms with van der Waals surface area (Å²) in [6, 6.07) is 4.62. The van der Waals surface area contributed by atoms with Gasteiger partial charge in [-0.2, -0.15) is 0 Å². The fraction of sp³-hybridized carbons (Fsp3) is 0.333. The average Bonchev–Trinajstić information content (AvgIpc) is 2.36. The Kier molecular flexibility index (Phi) is 5.26. The number of rotatable bonds is 5. The van der Waals surface area contributed by atoms with Crippen molar-refractivity contribution in [1.29, 1.82) is 0 Å². The van der Waals surface area contributed by atoms with Crippen molar-refractivity contribution in [3.05, 3.63) is 35.6 Å². The Bertz CT molecular complexity index is 437. The Balaban J connectivity index is 2.51. The molecule has 6 heteroatoms. The van der Waals surface area contributed by atoms with E-state index in [-0.39, 0.29) is 13.2 Å². The van der Waals surface area contributed by atoms with Crippen LogP contribution in [-0.4, -0.2) is 24.5 Å². The lowest BCUT2D eigenvalue weighted by atomic mass is 10.2. The van der Waals surface area contributed by atoms with Crippen LogP contribution in [-0.2, 0) is 20.9 Å². The summed E-state index contributed by atoms with van der Waals surface area (Å²) < 4.78 is 17.8. The number of ether oxygens (including phenoxy) is 1. The fourth-order valence-electron chi connectivity index (χ4n) is 1.27. The van der Waals surface area contributed by atoms with Crippen LogP contribution in [0.15, 0.2) is 24.3 Å². The molecule has 0 aliphatic carbocycles. The molecule has 0 fully saturated rings. The molecule has 18 heavy (non-hydrogen) atoms. The number of nitrogens with one attached hydrogen (secondary N) is 1. The van der Waals surface area contributed by atoms with Crippen molar-refractivity contribution in [2.24, 2.45) is 5.73 Å². The molecule has 0 heterocycles. The zero-order chi connectivity index (χ0) is 13.5. The Morgan fingerprint density at radius 3 is 2.72 bits per heavy atom. The van der Waals surface area contributed by atoms with E-state index < -0.39 is 23.7 Å². The van der Waals surface area contributed by atoms with Crippen LogP contribution in [0.4, 0.5) is 4.39 Å². The fourth-order valence-corrected chi connectivity index (χ4v) is 1.27. The molecule has 1 amide bonds. The van der Waals surface area contributed by atoms with Crippen molar-refractivity contribution in [1.82, 2.24) is 5.32 Å². The number of amides is 1. The third kappa shape index (κ3) is 3.81. The smallest absolute Gasteiger partial charge is 0.332 e. The molecule has 0 aliphatic heterocycles. The van der Waals surface area contributed by atoms with E-state index in [9.17, 15) is 14.0 Å². The van der Waals surface area contributed by atoms with Crippen LogP contribution in [0.25, 0.3) is 0 Å². The van der Waals surface area contributed by atoms with Gasteiger partial charge in [-0.05, 0) is 13.0 Å². The second-order valence-corrected chi connectivity index (χ2v) is 3.54. The maximum Gasteiger partial charge on any atom is 0.332 e. The molecule has 0 aliphatic rings. The van der Waals surface area contributed by atoms with Crippen LogP contribution in [0.5, 0.6) is 0 Å². The Hall–Kier alpha value is -1.95. The number of esters is 1. The zero-order valence-electron chi connectivity index (χ0n) is 9.98. The van der Waals surface area contributed by atoms with Gasteiger partial charge in [0.2, 0.25) is 5.91 Å². The molecule has 1 unspecified atom stereocenters. The van der Waals surface area contributed by atoms with Gasteiger partial charge in [0.1, 0.15) is 5.82 Å². The van der Waals surface area contributed by atoms with Gasteiger partial charge in [-0.15, -0.1) is 0 Å². The number of hydrogen-bond acceptors (Lipinski definition) is 4. The molecule has 1 rings (SSSR count). The van der Waals surface area contributed by atoms with Crippen molar-refractivity contribution in [3.63, 3.8) is 0 Å². The molecule has 0 saturated heterocycles. The second kappa shape index (κ2) is 6.70. The highest BCUT2D eigenvalue weighted by Gasteiger charge is 2.23. The second-order valence-electron chi connectivity index (χ2n) is 3.54. The van der Waals surface area contributed by atoms with E-state index in [0.29, 0.717) is 5.56 Å². The molecular formula is C12H15FN2O3. The van der Waals surface area contributed by atoms with Crippen molar-refractivity contribution >= 4 is 11.9 Å². The van der Waals surface area contributed by atoms with Crippen LogP contribution < -0.4 is 11.1 Å². The summed E-state index contributed by atoms with van der Waals surface area (Å²) >= 11 is 0. The number of benzene rings is 1. The summed E-state index contributed by atoms with van der Waals surface area (Å²) in [4.78, 5) is 22.7. The highest BCUT2D eigenvalue weighted by molar-refractivity contribution is 6.01. The van der Waals surface area contributed by atoms with E-state index >= 15 is 0 Å². The quantitative estimate of drug-likeness (QED) is 0.586. The molecule has 1 aromatic rings. The first-order chi connectivity index (χ1) is 8.56. The van der Waals surface area contributed by atoms with Gasteiger partial charge >= 0.3 is 5.97 Å². The van der Waals surface area contributed by atoms with Gasteiger partial charge in [0.15, 0.2) is 6.04 Å². The minimum atomic E-state index is -1.39. The van der Waals surface area contributed by atoms with Gasteiger partial charge in [-0.1, -0.05) is 18.2 Å². The summed E-state index contributed by atoms with van der Waals surface area (Å²) in [5.41, 5.74) is 5.69. The van der Waals surface area contributed by atoms with Crippen molar-refractivity contribution in [2.45, 2.75) is 19.5 Å². The van der Waals surface area contributed by atoms with E-state index in [1.54, 1.807) is 19.1 Å². The van der Waals surface area contributed by atoms with Crippen LogP contribution in [0.1, 0.15) is 12.5 Å². The standard InChI is InChI=1S/C12H15FN2O3/c1-2-18-12(17)10(14)11(16)15-7-8-5-3-4-6-9(8)13/h3-6,10H,2,7,14H2,1H3,(H,15,16). The third-order valence-electron chi connectivity index (χ3n) is 2.23. The van der Waals surface area contributed by atoms with Crippen molar-refractivity contribution < 1.29 is 18.7 Å². The van der Waals surface area contributed by atoms with Gasteiger partial charge in [0, 0.05) is 12.1 Å². The first-order valence-electron chi connectivity index (χ1n) is 5.49. The summed E-state index contributed by atoms with van der Waals surface area (Å²) in [5.74, 6) is -1.93. The number of halogens is 1. The van der Waals surface area contributed by atoms with E-state index in [0.717, 1.165) is 0 Å². The molecule has 0 radical (unpaired) electrons. The summed E-state index contributed by atoms with van der Waals surface area (Å²) in [6.07, 6.45) is 0. The van der Waals surface area contributed by atoms with Gasteiger partial charge in [0.05, 0.1) is 6.61 Å². The molecule has 0 aromatic heterocycles. The topological polar surface area (TPSA) is 81.4 Å². The van der Waals surface area contributed by atoms with Gasteiger partial charge in [-0.25, -0.2) is 9.18 Å². The van der Waals surface area contributed by atoms with E-state index in [2.05, 4.69) is 10.1 Å². The van der Waals surface area contributed by atoms with E-state index in [1.165, 1.54) is 12.1 Å². The molecule has 0 saturated carbocycles. The van der Waals surface area contributed by atoms with Gasteiger partial charge < -0.3 is 15.8 Å². The summed E-state index contributed by atoms with van der Waals surface area (Å²) in [5, 5.41) is 2.37. The molecule has 98 valence electrons. The number of carbonyl (C=O) groups is 2. The van der Waals surface area contributed by atoms with Crippen LogP contribution in [0.3, 0.4) is 0 Å². The van der Waals surface area contributed by atoms with Crippen LogP contribution >= 0.6 is 0 Å². The predicted molar refractivity (Wildman–Crippen MR) is 62.9 cm³/mol. The summed E-state index contributed by atoms with van der Waals surface area (Å²) in [6.45, 7) is 1.73. The summed E-state index contributed by atoms with van der Waals surface area (Å²) in [7, 11) is 0. The molecule has 1 atom stereocenters. The minimum absolute atomic E-state index is 0.0292. The Labute approximate surface area is 104 Å². The SMILES string of the molecule is CCOC(=O)C(N)C(=O)NCc1ccccc1F. The van der Waals surface area contributed by atoms with Crippen LogP contribution in [0.2, 0.25) is 0 Å². The highest BCUT2D eigenvalue weighted by atomic mass is 19.1. The normalized spacial score (nSPS) is 11.7. The zero-order valence-corrected chi connectivity index (χ0v) is 9.98. The van der Waals surface area contributed by atoms with E-state index in [4.69, 9.17) is 5.73 Å². The third-order valence-corrected chi connectivity index (χ3v) is 2.23. The first-order valence-corrected chi connectivity index (χ1v) is 5.49. The first kappa shape index (κ1) is 14.1. The highest BCUT2D eigenvalue weighted by Crippen LogP contribution is 2.05. The maximum atomic E-state index is 13.2. The van der Waals surface area contributed by atoms with Crippen molar-refractivity contribution in [2.75, 3.05) is 6.61 Å². The number of nitrogens with two attached hydrogens (primary N) is 1. The monoisotopic (exact) mass is 254 g/mol. The largest absolute Gasteiger partial charge is 0.464 e. The number of hydrogen-bond donors (Lipinski definition) is 2. The lowest BCUT2D eigenvalue weighted by Crippen LogP contribution is -2.46. The lowest BCUT2D eigenvalue weighted by molar-refractivity contribution is -0.148.